The van der Waals surface area contributed by atoms with Crippen LogP contribution in [0.25, 0.3) is 16.8 Å². The monoisotopic (exact) mass is 498 g/mol. The van der Waals surface area contributed by atoms with Crippen molar-refractivity contribution in [3.05, 3.63) is 80.1 Å². The number of sulfonamides is 1. The van der Waals surface area contributed by atoms with Gasteiger partial charge in [-0.3, -0.25) is 14.3 Å². The van der Waals surface area contributed by atoms with Crippen LogP contribution in [-0.4, -0.2) is 42.9 Å². The Kier molecular flexibility index (Phi) is 6.48. The fraction of sp³-hybridized carbons (Fsp3) is 0.360. The molecule has 186 valence electrons. The molecule has 35 heavy (non-hydrogen) atoms. The first-order valence-electron chi connectivity index (χ1n) is 11.2. The number of fused-ring (bicyclic) bond motifs is 1. The van der Waals surface area contributed by atoms with E-state index in [1.807, 2.05) is 24.3 Å². The van der Waals surface area contributed by atoms with Crippen LogP contribution in [-0.2, 0) is 28.4 Å². The van der Waals surface area contributed by atoms with Crippen LogP contribution in [0.15, 0.2) is 52.2 Å². The molecule has 0 amide bonds. The molecule has 0 saturated carbocycles. The van der Waals surface area contributed by atoms with Crippen molar-refractivity contribution in [2.75, 3.05) is 19.9 Å². The van der Waals surface area contributed by atoms with Crippen molar-refractivity contribution in [1.82, 2.24) is 19.4 Å². The molecule has 0 radical (unpaired) electrons. The summed E-state index contributed by atoms with van der Waals surface area (Å²) in [7, 11) is -1.70. The van der Waals surface area contributed by atoms with Gasteiger partial charge < -0.3 is 4.74 Å². The molecule has 9 nitrogen and oxygen atoms in total. The van der Waals surface area contributed by atoms with Crippen LogP contribution in [0.5, 0.6) is 5.75 Å². The number of hydrogen-bond donors (Lipinski definition) is 2. The number of methoxy groups -OCH3 is 1. The normalized spacial score (nSPS) is 14.5. The van der Waals surface area contributed by atoms with Gasteiger partial charge in [0.1, 0.15) is 5.75 Å². The van der Waals surface area contributed by atoms with Crippen molar-refractivity contribution in [1.29, 1.82) is 0 Å². The zero-order valence-corrected chi connectivity index (χ0v) is 21.3. The van der Waals surface area contributed by atoms with Crippen LogP contribution in [0.4, 0.5) is 0 Å². The Hall–Kier alpha value is -3.21. The summed E-state index contributed by atoms with van der Waals surface area (Å²) in [5.74, 6) is 0.717. The third kappa shape index (κ3) is 5.39. The van der Waals surface area contributed by atoms with Gasteiger partial charge >= 0.3 is 5.69 Å². The SMILES string of the molecule is COc1c(-c2ccc3c(c2)CCN(NS(C)(=O)=O)C3)cc(-n2ccc(=O)[nH]c2=O)cc1C(C)(C)C. The van der Waals surface area contributed by atoms with E-state index < -0.39 is 21.3 Å². The van der Waals surface area contributed by atoms with Gasteiger partial charge in [-0.25, -0.2) is 18.2 Å². The minimum Gasteiger partial charge on any atom is -0.496 e. The largest absolute Gasteiger partial charge is 0.496 e. The van der Waals surface area contributed by atoms with Crippen molar-refractivity contribution in [3.8, 4) is 22.6 Å². The summed E-state index contributed by atoms with van der Waals surface area (Å²) in [4.78, 5) is 29.0. The molecular formula is C25H30N4O5S. The summed E-state index contributed by atoms with van der Waals surface area (Å²) in [5, 5.41) is 1.69. The standard InChI is InChI=1S/C25H30N4O5S/c1-25(2,3)21-14-19(29-11-9-22(30)26-24(29)31)13-20(23(21)34-4)17-6-7-18-15-28(27-35(5,32)33)10-8-16(18)12-17/h6-7,9,11-14,27H,8,10,15H2,1-5H3,(H,26,30,31). The first-order chi connectivity index (χ1) is 16.4. The molecule has 0 bridgehead atoms. The van der Waals surface area contributed by atoms with Crippen LogP contribution < -0.4 is 20.8 Å². The lowest BCUT2D eigenvalue weighted by Gasteiger charge is -2.29. The number of hydrogen-bond acceptors (Lipinski definition) is 6. The summed E-state index contributed by atoms with van der Waals surface area (Å²) in [6.45, 7) is 7.25. The predicted octanol–water partition coefficient (Wildman–Crippen LogP) is 2.32. The second-order valence-electron chi connectivity index (χ2n) is 9.82. The highest BCUT2D eigenvalue weighted by molar-refractivity contribution is 7.88. The lowest BCUT2D eigenvalue weighted by atomic mass is 9.83. The average Bonchev–Trinajstić information content (AvgIpc) is 2.76. The highest BCUT2D eigenvalue weighted by Gasteiger charge is 2.25. The summed E-state index contributed by atoms with van der Waals surface area (Å²) in [6, 6.07) is 11.2. The van der Waals surface area contributed by atoms with Gasteiger partial charge in [-0.2, -0.15) is 0 Å². The van der Waals surface area contributed by atoms with Gasteiger partial charge in [0.2, 0.25) is 10.0 Å². The maximum absolute atomic E-state index is 12.5. The number of aromatic amines is 1. The first-order valence-corrected chi connectivity index (χ1v) is 13.1. The molecule has 1 aliphatic rings. The Morgan fingerprint density at radius 3 is 2.43 bits per heavy atom. The van der Waals surface area contributed by atoms with E-state index in [4.69, 9.17) is 4.74 Å². The summed E-state index contributed by atoms with van der Waals surface area (Å²) < 4.78 is 30.5. The Labute approximate surface area is 204 Å². The Morgan fingerprint density at radius 2 is 1.80 bits per heavy atom. The highest BCUT2D eigenvalue weighted by atomic mass is 32.2. The third-order valence-corrected chi connectivity index (χ3v) is 6.60. The molecule has 0 spiro atoms. The number of rotatable bonds is 5. The number of ether oxygens (including phenoxy) is 1. The van der Waals surface area contributed by atoms with E-state index in [9.17, 15) is 18.0 Å². The maximum Gasteiger partial charge on any atom is 0.332 e. The quantitative estimate of drug-likeness (QED) is 0.558. The molecule has 0 unspecified atom stereocenters. The lowest BCUT2D eigenvalue weighted by molar-refractivity contribution is 0.222. The molecule has 4 rings (SSSR count). The second-order valence-corrected chi connectivity index (χ2v) is 11.5. The van der Waals surface area contributed by atoms with Crippen LogP contribution in [0.3, 0.4) is 0 Å². The molecule has 0 fully saturated rings. The molecule has 0 atom stereocenters. The van der Waals surface area contributed by atoms with E-state index in [2.05, 4.69) is 36.7 Å². The first kappa shape index (κ1) is 24.9. The van der Waals surface area contributed by atoms with Crippen LogP contribution in [0.2, 0.25) is 0 Å². The zero-order valence-electron chi connectivity index (χ0n) is 20.5. The van der Waals surface area contributed by atoms with Gasteiger partial charge in [0.15, 0.2) is 0 Å². The van der Waals surface area contributed by atoms with Gasteiger partial charge in [0.05, 0.1) is 19.1 Å². The van der Waals surface area contributed by atoms with Gasteiger partial charge in [0.25, 0.3) is 5.56 Å². The molecule has 1 aromatic heterocycles. The Balaban J connectivity index is 1.85. The Morgan fingerprint density at radius 1 is 1.06 bits per heavy atom. The molecule has 0 aliphatic carbocycles. The van der Waals surface area contributed by atoms with Crippen molar-refractivity contribution in [2.45, 2.75) is 39.2 Å². The number of H-pyrrole nitrogens is 1. The van der Waals surface area contributed by atoms with E-state index >= 15 is 0 Å². The summed E-state index contributed by atoms with van der Waals surface area (Å²) >= 11 is 0. The maximum atomic E-state index is 12.5. The average molecular weight is 499 g/mol. The van der Waals surface area contributed by atoms with Crippen molar-refractivity contribution in [2.24, 2.45) is 0 Å². The van der Waals surface area contributed by atoms with E-state index in [0.29, 0.717) is 25.2 Å². The summed E-state index contributed by atoms with van der Waals surface area (Å²) in [6.07, 6.45) is 3.29. The molecule has 2 N–H and O–H groups in total. The number of benzene rings is 2. The van der Waals surface area contributed by atoms with Gasteiger partial charge in [-0.1, -0.05) is 39.0 Å². The van der Waals surface area contributed by atoms with E-state index in [-0.39, 0.29) is 5.41 Å². The fourth-order valence-corrected chi connectivity index (χ4v) is 5.02. The topological polar surface area (TPSA) is 114 Å². The Bertz CT molecular complexity index is 1500. The molecular weight excluding hydrogens is 468 g/mol. The molecule has 1 aliphatic heterocycles. The van der Waals surface area contributed by atoms with E-state index in [1.54, 1.807) is 12.1 Å². The van der Waals surface area contributed by atoms with Crippen LogP contribution >= 0.6 is 0 Å². The van der Waals surface area contributed by atoms with Crippen molar-refractivity contribution in [3.63, 3.8) is 0 Å². The zero-order chi connectivity index (χ0) is 25.5. The molecule has 2 aromatic carbocycles. The summed E-state index contributed by atoms with van der Waals surface area (Å²) in [5.41, 5.74) is 4.21. The molecule has 10 heteroatoms. The van der Waals surface area contributed by atoms with Crippen LogP contribution in [0.1, 0.15) is 37.5 Å². The minimum atomic E-state index is -3.33. The molecule has 3 aromatic rings. The minimum absolute atomic E-state index is 0.284. The third-order valence-electron chi connectivity index (χ3n) is 6.01. The van der Waals surface area contributed by atoms with Gasteiger partial charge in [0, 0.05) is 36.5 Å². The van der Waals surface area contributed by atoms with Crippen molar-refractivity contribution < 1.29 is 13.2 Å². The van der Waals surface area contributed by atoms with E-state index in [0.717, 1.165) is 39.8 Å². The highest BCUT2D eigenvalue weighted by Crippen LogP contribution is 2.41. The van der Waals surface area contributed by atoms with Gasteiger partial charge in [-0.05, 0) is 40.7 Å². The fourth-order valence-electron chi connectivity index (χ4n) is 4.40. The molecule has 0 saturated heterocycles. The van der Waals surface area contributed by atoms with Crippen LogP contribution in [0, 0.1) is 0 Å². The van der Waals surface area contributed by atoms with Gasteiger partial charge in [-0.15, -0.1) is 4.83 Å². The number of aromatic nitrogens is 2. The van der Waals surface area contributed by atoms with Crippen molar-refractivity contribution >= 4 is 10.0 Å². The number of nitrogens with one attached hydrogen (secondary N) is 2. The van der Waals surface area contributed by atoms with E-state index in [1.165, 1.54) is 16.8 Å². The lowest BCUT2D eigenvalue weighted by Crippen LogP contribution is -2.44. The smallest absolute Gasteiger partial charge is 0.332 e. The molecule has 2 heterocycles. The second kappa shape index (κ2) is 9.10. The number of hydrazine groups is 1. The number of nitrogens with zero attached hydrogens (tertiary/aromatic N) is 2. The predicted molar refractivity (Wildman–Crippen MR) is 135 cm³/mol.